The van der Waals surface area contributed by atoms with Gasteiger partial charge in [0.05, 0.1) is 5.56 Å². The Morgan fingerprint density at radius 3 is 2.50 bits per heavy atom. The number of benzene rings is 1. The molecule has 3 nitrogen and oxygen atoms in total. The number of carbonyl (C=O) groups excluding carboxylic acids is 1. The van der Waals surface area contributed by atoms with E-state index >= 15 is 0 Å². The predicted molar refractivity (Wildman–Crippen MR) is 80.5 cm³/mol. The first-order valence-electron chi connectivity index (χ1n) is 6.94. The van der Waals surface area contributed by atoms with Crippen molar-refractivity contribution < 1.29 is 18.0 Å². The zero-order valence-electron chi connectivity index (χ0n) is 12.3. The maximum absolute atomic E-state index is 12.9. The molecular weight excluding hydrogens is 317 g/mol. The van der Waals surface area contributed by atoms with Gasteiger partial charge in [-0.25, -0.2) is 0 Å². The molecule has 1 saturated carbocycles. The molecule has 0 saturated heterocycles. The minimum atomic E-state index is -4.41. The lowest BCUT2D eigenvalue weighted by Crippen LogP contribution is -2.32. The van der Waals surface area contributed by atoms with Gasteiger partial charge in [-0.05, 0) is 30.9 Å². The van der Waals surface area contributed by atoms with Gasteiger partial charge in [-0.15, -0.1) is 12.4 Å². The summed E-state index contributed by atoms with van der Waals surface area (Å²) in [5, 5.41) is 0. The summed E-state index contributed by atoms with van der Waals surface area (Å²) in [6.45, 7) is -0.0414. The minimum Gasteiger partial charge on any atom is -0.341 e. The van der Waals surface area contributed by atoms with Gasteiger partial charge in [0, 0.05) is 25.6 Å². The number of halogens is 4. The van der Waals surface area contributed by atoms with E-state index in [-0.39, 0.29) is 42.4 Å². The second-order valence-electron chi connectivity index (χ2n) is 5.62. The third kappa shape index (κ3) is 4.36. The molecule has 0 radical (unpaired) electrons. The molecule has 1 amide bonds. The van der Waals surface area contributed by atoms with Gasteiger partial charge in [-0.2, -0.15) is 13.2 Å². The van der Waals surface area contributed by atoms with Crippen molar-refractivity contribution in [2.75, 3.05) is 7.05 Å². The Labute approximate surface area is 134 Å². The highest BCUT2D eigenvalue weighted by molar-refractivity contribution is 5.85. The van der Waals surface area contributed by atoms with E-state index < -0.39 is 11.7 Å². The highest BCUT2D eigenvalue weighted by Crippen LogP contribution is 2.33. The van der Waals surface area contributed by atoms with Crippen LogP contribution in [0.1, 0.15) is 30.4 Å². The number of amides is 1. The number of hydrogen-bond acceptors (Lipinski definition) is 2. The van der Waals surface area contributed by atoms with Gasteiger partial charge >= 0.3 is 6.18 Å². The third-order valence-electron chi connectivity index (χ3n) is 3.93. The van der Waals surface area contributed by atoms with E-state index in [2.05, 4.69) is 0 Å². The third-order valence-corrected chi connectivity index (χ3v) is 3.93. The molecule has 2 unspecified atom stereocenters. The average molecular weight is 337 g/mol. The summed E-state index contributed by atoms with van der Waals surface area (Å²) < 4.78 is 38.8. The number of nitrogens with two attached hydrogens (primary N) is 1. The number of alkyl halides is 3. The maximum atomic E-state index is 12.9. The minimum absolute atomic E-state index is 0. The first kappa shape index (κ1) is 18.8. The molecule has 124 valence electrons. The van der Waals surface area contributed by atoms with E-state index in [0.717, 1.165) is 12.5 Å². The molecule has 0 bridgehead atoms. The van der Waals surface area contributed by atoms with Gasteiger partial charge < -0.3 is 10.6 Å². The van der Waals surface area contributed by atoms with Crippen LogP contribution in [0, 0.1) is 5.92 Å². The van der Waals surface area contributed by atoms with Crippen molar-refractivity contribution in [2.24, 2.45) is 11.7 Å². The summed E-state index contributed by atoms with van der Waals surface area (Å²) in [6, 6.07) is 5.37. The van der Waals surface area contributed by atoms with E-state index in [4.69, 9.17) is 5.73 Å². The van der Waals surface area contributed by atoms with Gasteiger partial charge in [0.15, 0.2) is 0 Å². The summed E-state index contributed by atoms with van der Waals surface area (Å²) in [6.07, 6.45) is -2.28. The SMILES string of the molecule is CN(Cc1ccccc1C(F)(F)F)C(=O)C1CCC(N)C1.Cl. The average Bonchev–Trinajstić information content (AvgIpc) is 2.84. The summed E-state index contributed by atoms with van der Waals surface area (Å²) in [5.74, 6) is -0.289. The van der Waals surface area contributed by atoms with E-state index in [1.54, 1.807) is 13.1 Å². The van der Waals surface area contributed by atoms with Crippen LogP contribution in [0.25, 0.3) is 0 Å². The van der Waals surface area contributed by atoms with E-state index in [1.807, 2.05) is 0 Å². The molecule has 2 N–H and O–H groups in total. The molecule has 2 rings (SSSR count). The molecule has 0 heterocycles. The molecule has 0 aliphatic heterocycles. The van der Waals surface area contributed by atoms with Crippen LogP contribution in [0.3, 0.4) is 0 Å². The van der Waals surface area contributed by atoms with Crippen molar-refractivity contribution in [1.29, 1.82) is 0 Å². The molecule has 2 atom stereocenters. The molecule has 22 heavy (non-hydrogen) atoms. The van der Waals surface area contributed by atoms with Crippen molar-refractivity contribution in [1.82, 2.24) is 4.90 Å². The number of hydrogen-bond donors (Lipinski definition) is 1. The predicted octanol–water partition coefficient (Wildman–Crippen LogP) is 3.21. The normalized spacial score (nSPS) is 21.3. The van der Waals surface area contributed by atoms with Gasteiger partial charge in [-0.3, -0.25) is 4.79 Å². The lowest BCUT2D eigenvalue weighted by molar-refractivity contribution is -0.140. The van der Waals surface area contributed by atoms with Crippen molar-refractivity contribution >= 4 is 18.3 Å². The van der Waals surface area contributed by atoms with Gasteiger partial charge in [0.1, 0.15) is 0 Å². The Morgan fingerprint density at radius 2 is 1.95 bits per heavy atom. The fourth-order valence-electron chi connectivity index (χ4n) is 2.82. The lowest BCUT2D eigenvalue weighted by Gasteiger charge is -2.23. The molecule has 0 spiro atoms. The molecule has 1 aliphatic rings. The van der Waals surface area contributed by atoms with Gasteiger partial charge in [-0.1, -0.05) is 18.2 Å². The molecule has 1 aromatic carbocycles. The molecule has 1 fully saturated rings. The van der Waals surface area contributed by atoms with Crippen molar-refractivity contribution in [3.8, 4) is 0 Å². The lowest BCUT2D eigenvalue weighted by atomic mass is 10.0. The van der Waals surface area contributed by atoms with E-state index in [1.165, 1.54) is 17.0 Å². The second kappa shape index (κ2) is 7.33. The Balaban J connectivity index is 0.00000242. The summed E-state index contributed by atoms with van der Waals surface area (Å²) in [7, 11) is 1.54. The topological polar surface area (TPSA) is 46.3 Å². The van der Waals surface area contributed by atoms with E-state index in [0.29, 0.717) is 12.8 Å². The Kier molecular flexibility index (Phi) is 6.26. The second-order valence-corrected chi connectivity index (χ2v) is 5.62. The number of nitrogens with zero attached hydrogens (tertiary/aromatic N) is 1. The first-order chi connectivity index (χ1) is 9.79. The Morgan fingerprint density at radius 1 is 1.32 bits per heavy atom. The van der Waals surface area contributed by atoms with Crippen LogP contribution in [0.4, 0.5) is 13.2 Å². The van der Waals surface area contributed by atoms with Crippen molar-refractivity contribution in [3.05, 3.63) is 35.4 Å². The Bertz CT molecular complexity index is 522. The van der Waals surface area contributed by atoms with Gasteiger partial charge in [0.2, 0.25) is 5.91 Å². The van der Waals surface area contributed by atoms with Crippen molar-refractivity contribution in [3.63, 3.8) is 0 Å². The molecule has 1 aliphatic carbocycles. The van der Waals surface area contributed by atoms with Gasteiger partial charge in [0.25, 0.3) is 0 Å². The summed E-state index contributed by atoms with van der Waals surface area (Å²) in [5.41, 5.74) is 5.20. The molecular formula is C15H20ClF3N2O. The highest BCUT2D eigenvalue weighted by atomic mass is 35.5. The smallest absolute Gasteiger partial charge is 0.341 e. The van der Waals surface area contributed by atoms with Crippen LogP contribution in [0.15, 0.2) is 24.3 Å². The van der Waals surface area contributed by atoms with Crippen molar-refractivity contribution in [2.45, 2.75) is 38.0 Å². The highest BCUT2D eigenvalue weighted by Gasteiger charge is 2.34. The first-order valence-corrected chi connectivity index (χ1v) is 6.94. The quantitative estimate of drug-likeness (QED) is 0.921. The number of rotatable bonds is 3. The zero-order valence-corrected chi connectivity index (χ0v) is 13.1. The molecule has 0 aromatic heterocycles. The van der Waals surface area contributed by atoms with Crippen LogP contribution in [-0.2, 0) is 17.5 Å². The van der Waals surface area contributed by atoms with Crippen LogP contribution < -0.4 is 5.73 Å². The monoisotopic (exact) mass is 336 g/mol. The largest absolute Gasteiger partial charge is 0.416 e. The van der Waals surface area contributed by atoms with Crippen LogP contribution in [0.5, 0.6) is 0 Å². The standard InChI is InChI=1S/C15H19F3N2O.ClH/c1-20(14(21)10-6-7-12(19)8-10)9-11-4-2-3-5-13(11)15(16,17)18;/h2-5,10,12H,6-9,19H2,1H3;1H. The Hall–Kier alpha value is -1.27. The fourth-order valence-corrected chi connectivity index (χ4v) is 2.82. The van der Waals surface area contributed by atoms with Crippen LogP contribution in [-0.4, -0.2) is 23.9 Å². The maximum Gasteiger partial charge on any atom is 0.416 e. The zero-order chi connectivity index (χ0) is 15.6. The summed E-state index contributed by atoms with van der Waals surface area (Å²) >= 11 is 0. The molecule has 1 aromatic rings. The van der Waals surface area contributed by atoms with Crippen LogP contribution >= 0.6 is 12.4 Å². The van der Waals surface area contributed by atoms with E-state index in [9.17, 15) is 18.0 Å². The molecule has 7 heteroatoms. The number of carbonyl (C=O) groups is 1. The van der Waals surface area contributed by atoms with Crippen LogP contribution in [0.2, 0.25) is 0 Å². The summed E-state index contributed by atoms with van der Waals surface area (Å²) in [4.78, 5) is 13.6. The fraction of sp³-hybridized carbons (Fsp3) is 0.533.